The Bertz CT molecular complexity index is 944. The van der Waals surface area contributed by atoms with E-state index in [4.69, 9.17) is 13.8 Å². The summed E-state index contributed by atoms with van der Waals surface area (Å²) in [6.45, 7) is 3.54. The van der Waals surface area contributed by atoms with Gasteiger partial charge in [0.1, 0.15) is 12.7 Å². The minimum absolute atomic E-state index is 0.0793. The van der Waals surface area contributed by atoms with Gasteiger partial charge in [0.15, 0.2) is 0 Å². The molecule has 0 aromatic rings. The van der Waals surface area contributed by atoms with Gasteiger partial charge >= 0.3 is 13.8 Å². The second-order valence-corrected chi connectivity index (χ2v) is 16.5. The molecule has 0 aromatic carbocycles. The number of hydrogen-bond donors (Lipinski definition) is 3. The van der Waals surface area contributed by atoms with Crippen LogP contribution in [0.3, 0.4) is 0 Å². The van der Waals surface area contributed by atoms with Gasteiger partial charge in [-0.05, 0) is 44.9 Å². The summed E-state index contributed by atoms with van der Waals surface area (Å²) in [6, 6.07) is 0. The van der Waals surface area contributed by atoms with Crippen LogP contribution in [0.5, 0.6) is 0 Å². The molecule has 318 valence electrons. The first kappa shape index (κ1) is 52.5. The first-order valence-electron chi connectivity index (χ1n) is 22.3. The Balaban J connectivity index is 3.58. The quantitative estimate of drug-likeness (QED) is 0.0241. The van der Waals surface area contributed by atoms with Gasteiger partial charge in [-0.3, -0.25) is 18.6 Å². The molecule has 10 heteroatoms. The summed E-state index contributed by atoms with van der Waals surface area (Å²) in [5, 5.41) is 12.7. The molecule has 0 fully saturated rings. The number of phosphoric acid groups is 1. The lowest BCUT2D eigenvalue weighted by atomic mass is 10.0. The van der Waals surface area contributed by atoms with Crippen molar-refractivity contribution in [3.8, 4) is 0 Å². The Kier molecular flexibility index (Phi) is 40.0. The van der Waals surface area contributed by atoms with Gasteiger partial charge in [-0.2, -0.15) is 0 Å². The molecule has 9 nitrogen and oxygen atoms in total. The van der Waals surface area contributed by atoms with Crippen molar-refractivity contribution in [2.24, 2.45) is 0 Å². The summed E-state index contributed by atoms with van der Waals surface area (Å²) in [5.41, 5.74) is 0. The van der Waals surface area contributed by atoms with E-state index < -0.39 is 26.5 Å². The molecule has 1 amide bonds. The molecule has 2 unspecified atom stereocenters. The van der Waals surface area contributed by atoms with Gasteiger partial charge in [0, 0.05) is 19.4 Å². The highest BCUT2D eigenvalue weighted by atomic mass is 31.2. The maximum absolute atomic E-state index is 12.1. The molecule has 0 saturated heterocycles. The van der Waals surface area contributed by atoms with Crippen molar-refractivity contribution in [1.82, 2.24) is 5.32 Å². The number of rotatable bonds is 42. The molecule has 0 aliphatic rings. The molecule has 0 aromatic heterocycles. The predicted octanol–water partition coefficient (Wildman–Crippen LogP) is 12.4. The van der Waals surface area contributed by atoms with Crippen molar-refractivity contribution in [2.75, 3.05) is 26.4 Å². The van der Waals surface area contributed by atoms with Crippen LogP contribution in [0, 0.1) is 0 Å². The van der Waals surface area contributed by atoms with Crippen molar-refractivity contribution < 1.29 is 37.9 Å². The largest absolute Gasteiger partial charge is 0.472 e. The monoisotopic (exact) mass is 786 g/mol. The van der Waals surface area contributed by atoms with Gasteiger partial charge in [0.05, 0.1) is 13.2 Å². The maximum Gasteiger partial charge on any atom is 0.472 e. The summed E-state index contributed by atoms with van der Waals surface area (Å²) in [5.74, 6) is -0.517. The van der Waals surface area contributed by atoms with Gasteiger partial charge < -0.3 is 20.1 Å². The van der Waals surface area contributed by atoms with E-state index in [1.807, 2.05) is 0 Å². The fraction of sp³-hybridized carbons (Fsp3) is 0.864. The van der Waals surface area contributed by atoms with Gasteiger partial charge in [-0.1, -0.05) is 179 Å². The average molecular weight is 786 g/mol. The van der Waals surface area contributed by atoms with Crippen LogP contribution < -0.4 is 5.32 Å². The van der Waals surface area contributed by atoms with Crippen LogP contribution in [-0.4, -0.2) is 54.3 Å². The molecule has 0 radical (unpaired) electrons. The zero-order valence-electron chi connectivity index (χ0n) is 34.9. The van der Waals surface area contributed by atoms with Crippen LogP contribution in [0.4, 0.5) is 0 Å². The molecule has 0 saturated carbocycles. The number of amides is 1. The molecule has 0 heterocycles. The number of carbonyl (C=O) groups is 2. The number of nitrogens with one attached hydrogen (secondary N) is 1. The maximum atomic E-state index is 12.1. The lowest BCUT2D eigenvalue weighted by Gasteiger charge is -2.15. The number of carbonyl (C=O) groups excluding carboxylic acids is 2. The van der Waals surface area contributed by atoms with E-state index in [-0.39, 0.29) is 32.1 Å². The van der Waals surface area contributed by atoms with Gasteiger partial charge in [0.25, 0.3) is 0 Å². The van der Waals surface area contributed by atoms with E-state index in [0.29, 0.717) is 6.42 Å². The molecule has 0 spiro atoms. The second-order valence-electron chi connectivity index (χ2n) is 15.0. The normalized spacial score (nSPS) is 13.5. The number of aliphatic hydroxyl groups excluding tert-OH is 1. The Morgan fingerprint density at radius 3 is 1.52 bits per heavy atom. The van der Waals surface area contributed by atoms with E-state index >= 15 is 0 Å². The number of esters is 1. The second kappa shape index (κ2) is 41.1. The van der Waals surface area contributed by atoms with E-state index in [0.717, 1.165) is 51.4 Å². The highest BCUT2D eigenvalue weighted by Gasteiger charge is 2.23. The lowest BCUT2D eigenvalue weighted by molar-refractivity contribution is -0.147. The van der Waals surface area contributed by atoms with Crippen molar-refractivity contribution in [1.29, 1.82) is 0 Å². The van der Waals surface area contributed by atoms with Crippen molar-refractivity contribution in [3.05, 3.63) is 24.3 Å². The minimum atomic E-state index is -4.42. The van der Waals surface area contributed by atoms with E-state index in [1.54, 1.807) is 0 Å². The predicted molar refractivity (Wildman–Crippen MR) is 224 cm³/mol. The van der Waals surface area contributed by atoms with Crippen molar-refractivity contribution >= 4 is 19.7 Å². The number of phosphoric ester groups is 1. The van der Waals surface area contributed by atoms with Crippen LogP contribution in [0.25, 0.3) is 0 Å². The van der Waals surface area contributed by atoms with Crippen molar-refractivity contribution in [3.63, 3.8) is 0 Å². The third-order valence-corrected chi connectivity index (χ3v) is 10.6. The Labute approximate surface area is 331 Å². The fourth-order valence-electron chi connectivity index (χ4n) is 6.23. The molecule has 0 bridgehead atoms. The minimum Gasteiger partial charge on any atom is -0.463 e. The van der Waals surface area contributed by atoms with E-state index in [9.17, 15) is 24.2 Å². The van der Waals surface area contributed by atoms with Crippen LogP contribution in [0.2, 0.25) is 0 Å². The number of hydrogen-bond acceptors (Lipinski definition) is 7. The summed E-state index contributed by atoms with van der Waals surface area (Å²) < 4.78 is 26.9. The number of ether oxygens (including phenoxy) is 1. The van der Waals surface area contributed by atoms with Crippen LogP contribution >= 0.6 is 7.82 Å². The highest BCUT2D eigenvalue weighted by molar-refractivity contribution is 7.47. The zero-order valence-corrected chi connectivity index (χ0v) is 35.8. The molecular weight excluding hydrogens is 701 g/mol. The third kappa shape index (κ3) is 41.6. The standard InChI is InChI=1S/C44H84NO8P/c1-3-5-7-9-11-13-15-17-19-21-22-24-26-28-30-32-34-36-43(47)45-38-39-52-54(49,50)53-41-42(46)40-51-44(48)37-35-33-31-29-27-25-23-20-18-16-14-12-10-8-6-4-2/h11,13,17,19,42,46H,3-10,12,14-16,18,20-41H2,1-2H3,(H,45,47)(H,49,50)/b13-11-,19-17-. The van der Waals surface area contributed by atoms with Gasteiger partial charge in [-0.25, -0.2) is 4.57 Å². The van der Waals surface area contributed by atoms with Crippen molar-refractivity contribution in [2.45, 2.75) is 219 Å². The molecular formula is C44H84NO8P. The van der Waals surface area contributed by atoms with E-state index in [1.165, 1.54) is 135 Å². The smallest absolute Gasteiger partial charge is 0.463 e. The molecule has 0 aliphatic heterocycles. The van der Waals surface area contributed by atoms with Gasteiger partial charge in [0.2, 0.25) is 5.91 Å². The Morgan fingerprint density at radius 2 is 1.00 bits per heavy atom. The first-order valence-corrected chi connectivity index (χ1v) is 23.8. The zero-order chi connectivity index (χ0) is 39.6. The Morgan fingerprint density at radius 1 is 0.574 bits per heavy atom. The SMILES string of the molecule is CCCCC/C=C\C/C=C\CCCCCCCCCC(=O)NCCOP(=O)(O)OCC(O)COC(=O)CCCCCCCCCCCCCCCCCC. The highest BCUT2D eigenvalue weighted by Crippen LogP contribution is 2.42. The van der Waals surface area contributed by atoms with Crippen LogP contribution in [-0.2, 0) is 27.9 Å². The number of allylic oxidation sites excluding steroid dienone is 4. The topological polar surface area (TPSA) is 131 Å². The summed E-state index contributed by atoms with van der Waals surface area (Å²) in [4.78, 5) is 33.9. The molecule has 54 heavy (non-hydrogen) atoms. The van der Waals surface area contributed by atoms with E-state index in [2.05, 4.69) is 43.5 Å². The summed E-state index contributed by atoms with van der Waals surface area (Å²) >= 11 is 0. The lowest BCUT2D eigenvalue weighted by Crippen LogP contribution is -2.27. The molecule has 2 atom stereocenters. The summed E-state index contributed by atoms with van der Waals surface area (Å²) in [7, 11) is -4.42. The van der Waals surface area contributed by atoms with Gasteiger partial charge in [-0.15, -0.1) is 0 Å². The van der Waals surface area contributed by atoms with Crippen LogP contribution in [0.15, 0.2) is 24.3 Å². The Hall–Kier alpha value is -1.51. The number of unbranched alkanes of at least 4 members (excludes halogenated alkanes) is 25. The van der Waals surface area contributed by atoms with Crippen LogP contribution in [0.1, 0.15) is 213 Å². The third-order valence-electron chi connectivity index (χ3n) is 9.63. The number of aliphatic hydroxyl groups is 1. The molecule has 3 N–H and O–H groups in total. The summed E-state index contributed by atoms with van der Waals surface area (Å²) in [6.07, 6.45) is 43.9. The molecule has 0 aliphatic carbocycles. The fourth-order valence-corrected chi connectivity index (χ4v) is 6.99. The first-order chi connectivity index (χ1) is 26.3. The molecule has 0 rings (SSSR count). The average Bonchev–Trinajstić information content (AvgIpc) is 3.16.